The van der Waals surface area contributed by atoms with Crippen LogP contribution in [-0.2, 0) is 11.8 Å². The van der Waals surface area contributed by atoms with Crippen LogP contribution < -0.4 is 5.32 Å². The molecular formula is C18H21ClFN3O2. The van der Waals surface area contributed by atoms with E-state index in [2.05, 4.69) is 10.2 Å². The Morgan fingerprint density at radius 2 is 1.96 bits per heavy atom. The summed E-state index contributed by atoms with van der Waals surface area (Å²) in [6.45, 7) is 2.97. The average Bonchev–Trinajstić information content (AvgIpc) is 2.93. The number of para-hydroxylation sites is 1. The summed E-state index contributed by atoms with van der Waals surface area (Å²) in [4.78, 5) is 27.4. The van der Waals surface area contributed by atoms with E-state index in [1.165, 1.54) is 12.3 Å². The second kappa shape index (κ2) is 6.77. The van der Waals surface area contributed by atoms with Crippen molar-refractivity contribution in [1.82, 2.24) is 14.8 Å². The molecule has 1 aromatic heterocycles. The maximum atomic E-state index is 14.0. The first kappa shape index (κ1) is 17.9. The number of hydrogen-bond donors (Lipinski definition) is 1. The van der Waals surface area contributed by atoms with Gasteiger partial charge in [-0.1, -0.05) is 12.1 Å². The molecule has 0 spiro atoms. The predicted molar refractivity (Wildman–Crippen MR) is 95.6 cm³/mol. The molecule has 5 rings (SSSR count). The summed E-state index contributed by atoms with van der Waals surface area (Å²) in [6.07, 6.45) is 3.67. The Labute approximate surface area is 151 Å². The van der Waals surface area contributed by atoms with Gasteiger partial charge in [-0.3, -0.25) is 9.59 Å². The Hall–Kier alpha value is -1.92. The number of ketones is 1. The zero-order chi connectivity index (χ0) is 16.8. The van der Waals surface area contributed by atoms with E-state index in [-0.39, 0.29) is 24.0 Å². The third-order valence-corrected chi connectivity index (χ3v) is 5.38. The number of aromatic nitrogens is 1. The van der Waals surface area contributed by atoms with Crippen molar-refractivity contribution in [3.63, 3.8) is 0 Å². The summed E-state index contributed by atoms with van der Waals surface area (Å²) >= 11 is 0. The predicted octanol–water partition coefficient (Wildman–Crippen LogP) is 2.13. The van der Waals surface area contributed by atoms with E-state index in [4.69, 9.17) is 0 Å². The second-order valence-electron chi connectivity index (χ2n) is 6.84. The Bertz CT molecular complexity index is 827. The quantitative estimate of drug-likeness (QED) is 0.669. The molecule has 0 aliphatic carbocycles. The standard InChI is InChI=1S/C18H20FN3O2.ClH/c1-21-9-13(12-3-2-4-14(19)16(12)21)17(23)18(24)20-15-10-22-7-5-11(15)6-8-22;/h2-4,9,11,15H,5-8,10H2,1H3,(H,20,24);1H/t15-;/m1./s1. The normalized spacial score (nSPS) is 24.8. The minimum absolute atomic E-state index is 0. The van der Waals surface area contributed by atoms with E-state index < -0.39 is 17.5 Å². The molecule has 1 aromatic carbocycles. The Kier molecular flexibility index (Phi) is 4.84. The third-order valence-electron chi connectivity index (χ3n) is 5.38. The molecule has 3 saturated heterocycles. The number of aryl methyl sites for hydroxylation is 1. The van der Waals surface area contributed by atoms with Gasteiger partial charge in [-0.05, 0) is 37.9 Å². The van der Waals surface area contributed by atoms with Crippen molar-refractivity contribution in [1.29, 1.82) is 0 Å². The minimum Gasteiger partial charge on any atom is -0.347 e. The van der Waals surface area contributed by atoms with Gasteiger partial charge >= 0.3 is 0 Å². The first-order valence-electron chi connectivity index (χ1n) is 8.35. The minimum atomic E-state index is -0.595. The van der Waals surface area contributed by atoms with Gasteiger partial charge in [-0.2, -0.15) is 0 Å². The summed E-state index contributed by atoms with van der Waals surface area (Å²) in [7, 11) is 1.67. The number of nitrogens with zero attached hydrogens (tertiary/aromatic N) is 2. The van der Waals surface area contributed by atoms with E-state index in [1.807, 2.05) is 0 Å². The molecule has 5 nitrogen and oxygen atoms in total. The molecule has 2 aromatic rings. The lowest BCUT2D eigenvalue weighted by molar-refractivity contribution is -0.119. The van der Waals surface area contributed by atoms with E-state index >= 15 is 0 Å². The van der Waals surface area contributed by atoms with Gasteiger partial charge < -0.3 is 14.8 Å². The second-order valence-corrected chi connectivity index (χ2v) is 6.84. The molecular weight excluding hydrogens is 345 g/mol. The molecule has 134 valence electrons. The van der Waals surface area contributed by atoms with Crippen LogP contribution in [0.3, 0.4) is 0 Å². The first-order valence-corrected chi connectivity index (χ1v) is 8.35. The van der Waals surface area contributed by atoms with E-state index in [0.717, 1.165) is 32.5 Å². The highest BCUT2D eigenvalue weighted by molar-refractivity contribution is 6.45. The van der Waals surface area contributed by atoms with Crippen molar-refractivity contribution in [2.75, 3.05) is 19.6 Å². The molecule has 0 unspecified atom stereocenters. The smallest absolute Gasteiger partial charge is 0.292 e. The van der Waals surface area contributed by atoms with Crippen molar-refractivity contribution in [3.8, 4) is 0 Å². The zero-order valence-corrected chi connectivity index (χ0v) is 14.8. The highest BCUT2D eigenvalue weighted by atomic mass is 35.5. The summed E-state index contributed by atoms with van der Waals surface area (Å²) in [5, 5.41) is 3.38. The largest absolute Gasteiger partial charge is 0.347 e. The molecule has 7 heteroatoms. The monoisotopic (exact) mass is 365 g/mol. The number of carbonyl (C=O) groups is 2. The number of piperidine rings is 3. The van der Waals surface area contributed by atoms with Crippen LogP contribution in [0, 0.1) is 11.7 Å². The molecule has 0 radical (unpaired) electrons. The van der Waals surface area contributed by atoms with Gasteiger partial charge in [-0.15, -0.1) is 12.4 Å². The highest BCUT2D eigenvalue weighted by Gasteiger charge is 2.36. The topological polar surface area (TPSA) is 54.3 Å². The fraction of sp³-hybridized carbons (Fsp3) is 0.444. The molecule has 3 fully saturated rings. The summed E-state index contributed by atoms with van der Waals surface area (Å²) < 4.78 is 15.5. The zero-order valence-electron chi connectivity index (χ0n) is 14.0. The maximum absolute atomic E-state index is 14.0. The lowest BCUT2D eigenvalue weighted by Crippen LogP contribution is -2.58. The van der Waals surface area contributed by atoms with Gasteiger partial charge in [0, 0.05) is 31.2 Å². The third kappa shape index (κ3) is 3.04. The number of hydrogen-bond acceptors (Lipinski definition) is 3. The lowest BCUT2D eigenvalue weighted by Gasteiger charge is -2.44. The average molecular weight is 366 g/mol. The van der Waals surface area contributed by atoms with Gasteiger partial charge in [0.15, 0.2) is 0 Å². The van der Waals surface area contributed by atoms with E-state index in [9.17, 15) is 14.0 Å². The number of fused-ring (bicyclic) bond motifs is 4. The van der Waals surface area contributed by atoms with Crippen LogP contribution in [0.2, 0.25) is 0 Å². The molecule has 0 saturated carbocycles. The van der Waals surface area contributed by atoms with E-state index in [1.54, 1.807) is 23.7 Å². The summed E-state index contributed by atoms with van der Waals surface area (Å²) in [5.41, 5.74) is 0.599. The number of Topliss-reactive ketones (excluding diaryl/α,β-unsaturated/α-hetero) is 1. The van der Waals surface area contributed by atoms with Gasteiger partial charge in [-0.25, -0.2) is 4.39 Å². The number of nitrogens with one attached hydrogen (secondary N) is 1. The molecule has 1 N–H and O–H groups in total. The van der Waals surface area contributed by atoms with Crippen molar-refractivity contribution in [3.05, 3.63) is 35.8 Å². The van der Waals surface area contributed by atoms with Crippen LogP contribution >= 0.6 is 12.4 Å². The molecule has 3 aliphatic heterocycles. The highest BCUT2D eigenvalue weighted by Crippen LogP contribution is 2.28. The summed E-state index contributed by atoms with van der Waals surface area (Å²) in [6, 6.07) is 4.62. The Morgan fingerprint density at radius 1 is 1.24 bits per heavy atom. The van der Waals surface area contributed by atoms with Gasteiger partial charge in [0.05, 0.1) is 11.1 Å². The van der Waals surface area contributed by atoms with Crippen molar-refractivity contribution < 1.29 is 14.0 Å². The molecule has 3 aliphatic rings. The van der Waals surface area contributed by atoms with E-state index in [0.29, 0.717) is 16.8 Å². The SMILES string of the molecule is Cl.Cn1cc(C(=O)C(=O)N[C@@H]2CN3CCC2CC3)c2cccc(F)c21. The Balaban J connectivity index is 0.00000182. The number of rotatable bonds is 3. The number of halogens is 2. The lowest BCUT2D eigenvalue weighted by atomic mass is 9.84. The van der Waals surface area contributed by atoms with Crippen molar-refractivity contribution in [2.24, 2.45) is 13.0 Å². The number of amides is 1. The molecule has 25 heavy (non-hydrogen) atoms. The fourth-order valence-corrected chi connectivity index (χ4v) is 4.08. The summed E-state index contributed by atoms with van der Waals surface area (Å²) in [5.74, 6) is -1.13. The van der Waals surface area contributed by atoms with Crippen molar-refractivity contribution in [2.45, 2.75) is 18.9 Å². The van der Waals surface area contributed by atoms with Crippen LogP contribution in [0.4, 0.5) is 4.39 Å². The van der Waals surface area contributed by atoms with Gasteiger partial charge in [0.25, 0.3) is 11.7 Å². The van der Waals surface area contributed by atoms with Crippen LogP contribution in [0.5, 0.6) is 0 Å². The van der Waals surface area contributed by atoms with Gasteiger partial charge in [0.2, 0.25) is 0 Å². The fourth-order valence-electron chi connectivity index (χ4n) is 4.08. The maximum Gasteiger partial charge on any atom is 0.292 e. The molecule has 1 atom stereocenters. The number of carbonyl (C=O) groups excluding carboxylic acids is 2. The number of benzene rings is 1. The molecule has 2 bridgehead atoms. The molecule has 1 amide bonds. The first-order chi connectivity index (χ1) is 11.5. The van der Waals surface area contributed by atoms with Gasteiger partial charge in [0.1, 0.15) is 5.82 Å². The Morgan fingerprint density at radius 3 is 2.60 bits per heavy atom. The van der Waals surface area contributed by atoms with Crippen LogP contribution in [0.1, 0.15) is 23.2 Å². The van der Waals surface area contributed by atoms with Crippen LogP contribution in [0.25, 0.3) is 10.9 Å². The molecule has 4 heterocycles. The van der Waals surface area contributed by atoms with Crippen molar-refractivity contribution >= 4 is 35.0 Å². The van der Waals surface area contributed by atoms with Crippen LogP contribution in [0.15, 0.2) is 24.4 Å². The van der Waals surface area contributed by atoms with Crippen LogP contribution in [-0.4, -0.2) is 46.8 Å².